The third kappa shape index (κ3) is 3.21. The van der Waals surface area contributed by atoms with Gasteiger partial charge < -0.3 is 10.5 Å². The van der Waals surface area contributed by atoms with Gasteiger partial charge in [0.2, 0.25) is 0 Å². The third-order valence-corrected chi connectivity index (χ3v) is 5.12. The molecule has 1 aliphatic heterocycles. The second-order valence-corrected chi connectivity index (χ2v) is 6.57. The fourth-order valence-corrected chi connectivity index (χ4v) is 3.93. The summed E-state index contributed by atoms with van der Waals surface area (Å²) in [6, 6.07) is 4.41. The molecule has 20 heavy (non-hydrogen) atoms. The molecule has 3 heteroatoms. The van der Waals surface area contributed by atoms with Crippen LogP contribution >= 0.6 is 0 Å². The highest BCUT2D eigenvalue weighted by Gasteiger charge is 2.39. The Labute approximate surface area is 121 Å². The van der Waals surface area contributed by atoms with E-state index in [1.807, 2.05) is 12.4 Å². The average molecular weight is 274 g/mol. The van der Waals surface area contributed by atoms with Crippen molar-refractivity contribution in [1.82, 2.24) is 4.98 Å². The largest absolute Gasteiger partial charge is 0.375 e. The van der Waals surface area contributed by atoms with Crippen molar-refractivity contribution in [2.75, 3.05) is 6.61 Å². The zero-order chi connectivity index (χ0) is 13.8. The minimum atomic E-state index is 0.164. The summed E-state index contributed by atoms with van der Waals surface area (Å²) in [6.45, 7) is 0.898. The Bertz CT molecular complexity index is 409. The van der Waals surface area contributed by atoms with Gasteiger partial charge in [0.15, 0.2) is 0 Å². The standard InChI is InChI=1S/C17H26N2O/c18-16(12-14-4-9-19-10-5-14)15-6-11-20-17(13-15)7-2-1-3-8-17/h4-5,9-10,15-16H,1-3,6-8,11-13,18H2. The van der Waals surface area contributed by atoms with Crippen LogP contribution < -0.4 is 5.73 Å². The summed E-state index contributed by atoms with van der Waals surface area (Å²) in [5.74, 6) is 0.606. The molecule has 0 radical (unpaired) electrons. The molecule has 1 aromatic heterocycles. The number of nitrogens with two attached hydrogens (primary N) is 1. The first-order valence-electron chi connectivity index (χ1n) is 8.06. The lowest BCUT2D eigenvalue weighted by Gasteiger charge is -2.45. The summed E-state index contributed by atoms with van der Waals surface area (Å²) in [5.41, 5.74) is 7.96. The Morgan fingerprint density at radius 3 is 2.75 bits per heavy atom. The number of ether oxygens (including phenoxy) is 1. The average Bonchev–Trinajstić information content (AvgIpc) is 2.49. The Kier molecular flexibility index (Phi) is 4.37. The minimum absolute atomic E-state index is 0.164. The number of pyridine rings is 1. The zero-order valence-electron chi connectivity index (χ0n) is 12.3. The van der Waals surface area contributed by atoms with Gasteiger partial charge in [-0.2, -0.15) is 0 Å². The van der Waals surface area contributed by atoms with Crippen LogP contribution in [0.5, 0.6) is 0 Å². The first kappa shape index (κ1) is 14.0. The number of hydrogen-bond acceptors (Lipinski definition) is 3. The molecule has 1 spiro atoms. The molecule has 1 aromatic rings. The lowest BCUT2D eigenvalue weighted by molar-refractivity contribution is -0.120. The Morgan fingerprint density at radius 2 is 2.00 bits per heavy atom. The Morgan fingerprint density at radius 1 is 1.25 bits per heavy atom. The molecule has 2 N–H and O–H groups in total. The van der Waals surface area contributed by atoms with Crippen LogP contribution in [0.25, 0.3) is 0 Å². The van der Waals surface area contributed by atoms with Crippen molar-refractivity contribution in [2.45, 2.75) is 63.0 Å². The van der Waals surface area contributed by atoms with Gasteiger partial charge in [0.05, 0.1) is 5.60 Å². The smallest absolute Gasteiger partial charge is 0.0685 e. The van der Waals surface area contributed by atoms with Crippen molar-refractivity contribution in [3.63, 3.8) is 0 Å². The molecule has 2 unspecified atom stereocenters. The van der Waals surface area contributed by atoms with E-state index in [9.17, 15) is 0 Å². The molecule has 3 nitrogen and oxygen atoms in total. The summed E-state index contributed by atoms with van der Waals surface area (Å²) in [5, 5.41) is 0. The van der Waals surface area contributed by atoms with E-state index in [1.54, 1.807) is 0 Å². The van der Waals surface area contributed by atoms with Crippen molar-refractivity contribution < 1.29 is 4.74 Å². The van der Waals surface area contributed by atoms with Gasteiger partial charge in [-0.15, -0.1) is 0 Å². The third-order valence-electron chi connectivity index (χ3n) is 5.12. The van der Waals surface area contributed by atoms with E-state index in [-0.39, 0.29) is 11.6 Å². The van der Waals surface area contributed by atoms with Gasteiger partial charge in [-0.3, -0.25) is 4.98 Å². The van der Waals surface area contributed by atoms with E-state index in [4.69, 9.17) is 10.5 Å². The highest BCUT2D eigenvalue weighted by atomic mass is 16.5. The summed E-state index contributed by atoms with van der Waals surface area (Å²) in [6.07, 6.45) is 13.5. The SMILES string of the molecule is NC(Cc1ccncc1)C1CCOC2(CCCCC2)C1. The summed E-state index contributed by atoms with van der Waals surface area (Å²) in [7, 11) is 0. The van der Waals surface area contributed by atoms with Crippen molar-refractivity contribution in [1.29, 1.82) is 0 Å². The minimum Gasteiger partial charge on any atom is -0.375 e. The molecule has 2 aliphatic rings. The van der Waals surface area contributed by atoms with Gasteiger partial charge in [-0.05, 0) is 55.7 Å². The zero-order valence-corrected chi connectivity index (χ0v) is 12.3. The van der Waals surface area contributed by atoms with Crippen molar-refractivity contribution in [3.05, 3.63) is 30.1 Å². The van der Waals surface area contributed by atoms with Gasteiger partial charge in [0, 0.05) is 25.0 Å². The van der Waals surface area contributed by atoms with E-state index >= 15 is 0 Å². The summed E-state index contributed by atoms with van der Waals surface area (Å²) in [4.78, 5) is 4.07. The topological polar surface area (TPSA) is 48.1 Å². The van der Waals surface area contributed by atoms with Crippen LogP contribution in [-0.4, -0.2) is 23.2 Å². The fourth-order valence-electron chi connectivity index (χ4n) is 3.93. The quantitative estimate of drug-likeness (QED) is 0.921. The maximum atomic E-state index is 6.49. The van der Waals surface area contributed by atoms with Crippen LogP contribution in [-0.2, 0) is 11.2 Å². The molecule has 0 amide bonds. The lowest BCUT2D eigenvalue weighted by Crippen LogP contribution is -2.46. The Balaban J connectivity index is 1.61. The first-order chi connectivity index (χ1) is 9.77. The van der Waals surface area contributed by atoms with E-state index in [2.05, 4.69) is 17.1 Å². The maximum Gasteiger partial charge on any atom is 0.0685 e. The van der Waals surface area contributed by atoms with Gasteiger partial charge in [0.25, 0.3) is 0 Å². The predicted octanol–water partition coefficient (Wildman–Crippen LogP) is 3.08. The van der Waals surface area contributed by atoms with E-state index in [1.165, 1.54) is 44.1 Å². The number of nitrogens with zero attached hydrogens (tertiary/aromatic N) is 1. The highest BCUT2D eigenvalue weighted by Crippen LogP contribution is 2.41. The number of aromatic nitrogens is 1. The molecule has 3 rings (SSSR count). The van der Waals surface area contributed by atoms with Crippen molar-refractivity contribution in [2.24, 2.45) is 11.7 Å². The second-order valence-electron chi connectivity index (χ2n) is 6.57. The summed E-state index contributed by atoms with van der Waals surface area (Å²) < 4.78 is 6.17. The van der Waals surface area contributed by atoms with Crippen LogP contribution in [0.3, 0.4) is 0 Å². The van der Waals surface area contributed by atoms with Gasteiger partial charge in [-0.25, -0.2) is 0 Å². The molecule has 1 saturated heterocycles. The predicted molar refractivity (Wildman–Crippen MR) is 80.4 cm³/mol. The monoisotopic (exact) mass is 274 g/mol. The van der Waals surface area contributed by atoms with E-state index in [0.717, 1.165) is 19.4 Å². The second kappa shape index (κ2) is 6.23. The first-order valence-corrected chi connectivity index (χ1v) is 8.06. The van der Waals surface area contributed by atoms with Crippen molar-refractivity contribution >= 4 is 0 Å². The maximum absolute atomic E-state index is 6.49. The van der Waals surface area contributed by atoms with E-state index in [0.29, 0.717) is 5.92 Å². The van der Waals surface area contributed by atoms with Gasteiger partial charge in [0.1, 0.15) is 0 Å². The molecule has 0 bridgehead atoms. The van der Waals surface area contributed by atoms with Crippen molar-refractivity contribution in [3.8, 4) is 0 Å². The van der Waals surface area contributed by atoms with Crippen LogP contribution in [0, 0.1) is 5.92 Å². The molecule has 2 heterocycles. The van der Waals surface area contributed by atoms with Gasteiger partial charge >= 0.3 is 0 Å². The van der Waals surface area contributed by atoms with Crippen LogP contribution in [0.4, 0.5) is 0 Å². The molecule has 1 aliphatic carbocycles. The van der Waals surface area contributed by atoms with E-state index < -0.39 is 0 Å². The van der Waals surface area contributed by atoms with Gasteiger partial charge in [-0.1, -0.05) is 19.3 Å². The Hall–Kier alpha value is -0.930. The molecule has 0 aromatic carbocycles. The summed E-state index contributed by atoms with van der Waals surface area (Å²) >= 11 is 0. The van der Waals surface area contributed by atoms with Crippen LogP contribution in [0.1, 0.15) is 50.5 Å². The normalized spacial score (nSPS) is 27.4. The molecular weight excluding hydrogens is 248 g/mol. The molecular formula is C17H26N2O. The number of rotatable bonds is 3. The molecule has 2 fully saturated rings. The van der Waals surface area contributed by atoms with Crippen LogP contribution in [0.15, 0.2) is 24.5 Å². The molecule has 2 atom stereocenters. The molecule has 110 valence electrons. The molecule has 1 saturated carbocycles. The fraction of sp³-hybridized carbons (Fsp3) is 0.706. The van der Waals surface area contributed by atoms with Crippen LogP contribution in [0.2, 0.25) is 0 Å². The number of hydrogen-bond donors (Lipinski definition) is 1. The highest BCUT2D eigenvalue weighted by molar-refractivity contribution is 5.12. The lowest BCUT2D eigenvalue weighted by atomic mass is 9.73.